The summed E-state index contributed by atoms with van der Waals surface area (Å²) in [4.78, 5) is 17.7. The second-order valence-electron chi connectivity index (χ2n) is 6.87. The van der Waals surface area contributed by atoms with Crippen LogP contribution < -0.4 is 10.2 Å². The van der Waals surface area contributed by atoms with Crippen LogP contribution in [0.15, 0.2) is 29.2 Å². The van der Waals surface area contributed by atoms with Gasteiger partial charge in [-0.1, -0.05) is 19.1 Å². The van der Waals surface area contributed by atoms with Gasteiger partial charge < -0.3 is 15.0 Å². The number of alkyl carbamates (subject to hydrolysis) is 1. The van der Waals surface area contributed by atoms with E-state index in [1.54, 1.807) is 0 Å². The molecular formula is C21H35N3O2S. The lowest BCUT2D eigenvalue weighted by Crippen LogP contribution is -2.46. The Balaban J connectivity index is 1.62. The molecule has 6 heteroatoms. The molecule has 1 aromatic carbocycles. The summed E-state index contributed by atoms with van der Waals surface area (Å²) in [5.41, 5.74) is 1.40. The first-order valence-electron chi connectivity index (χ1n) is 10.3. The van der Waals surface area contributed by atoms with E-state index in [4.69, 9.17) is 4.74 Å². The number of carbonyl (C=O) groups excluding carboxylic acids is 1. The molecule has 1 N–H and O–H groups in total. The van der Waals surface area contributed by atoms with Crippen LogP contribution in [-0.2, 0) is 4.74 Å². The third-order valence-electron chi connectivity index (χ3n) is 4.71. The molecule has 1 heterocycles. The maximum atomic E-state index is 11.2. The average molecular weight is 394 g/mol. The molecule has 1 aliphatic heterocycles. The monoisotopic (exact) mass is 393 g/mol. The number of thioether (sulfide) groups is 1. The van der Waals surface area contributed by atoms with Gasteiger partial charge in [0.2, 0.25) is 0 Å². The molecule has 1 amide bonds. The summed E-state index contributed by atoms with van der Waals surface area (Å²) in [6, 6.07) is 8.82. The number of anilines is 1. The SMILES string of the molecule is CCCSc1ccccc1N1CCN(CCCCCOC(=O)NCC)CC1. The van der Waals surface area contributed by atoms with Crippen LogP contribution in [0.3, 0.4) is 0 Å². The fourth-order valence-corrected chi connectivity index (χ4v) is 4.18. The summed E-state index contributed by atoms with van der Waals surface area (Å²) >= 11 is 1.97. The normalized spacial score (nSPS) is 15.0. The number of para-hydroxylation sites is 1. The molecule has 0 atom stereocenters. The zero-order chi connectivity index (χ0) is 19.3. The van der Waals surface area contributed by atoms with Crippen molar-refractivity contribution >= 4 is 23.5 Å². The largest absolute Gasteiger partial charge is 0.450 e. The Morgan fingerprint density at radius 1 is 1.11 bits per heavy atom. The van der Waals surface area contributed by atoms with Crippen LogP contribution in [0.4, 0.5) is 10.5 Å². The Bertz CT molecular complexity index is 548. The highest BCUT2D eigenvalue weighted by Crippen LogP contribution is 2.31. The van der Waals surface area contributed by atoms with Crippen molar-refractivity contribution in [3.05, 3.63) is 24.3 Å². The Morgan fingerprint density at radius 3 is 2.63 bits per heavy atom. The molecule has 1 aliphatic rings. The van der Waals surface area contributed by atoms with Gasteiger partial charge in [0, 0.05) is 37.6 Å². The van der Waals surface area contributed by atoms with Crippen LogP contribution in [0.1, 0.15) is 39.5 Å². The predicted octanol–water partition coefficient (Wildman–Crippen LogP) is 4.23. The van der Waals surface area contributed by atoms with E-state index in [2.05, 4.69) is 46.3 Å². The third kappa shape index (κ3) is 8.01. The van der Waals surface area contributed by atoms with Gasteiger partial charge in [-0.05, 0) is 57.0 Å². The molecule has 5 nitrogen and oxygen atoms in total. The summed E-state index contributed by atoms with van der Waals surface area (Å²) < 4.78 is 5.10. The van der Waals surface area contributed by atoms with E-state index in [-0.39, 0.29) is 6.09 Å². The second-order valence-corrected chi connectivity index (χ2v) is 8.01. The number of carbonyl (C=O) groups is 1. The van der Waals surface area contributed by atoms with Crippen LogP contribution in [0, 0.1) is 0 Å². The highest BCUT2D eigenvalue weighted by atomic mass is 32.2. The van der Waals surface area contributed by atoms with Crippen LogP contribution in [0.5, 0.6) is 0 Å². The molecule has 0 unspecified atom stereocenters. The van der Waals surface area contributed by atoms with Crippen LogP contribution >= 0.6 is 11.8 Å². The minimum atomic E-state index is -0.300. The molecule has 0 aliphatic carbocycles. The van der Waals surface area contributed by atoms with Crippen LogP contribution in [0.25, 0.3) is 0 Å². The van der Waals surface area contributed by atoms with Crippen molar-refractivity contribution in [3.8, 4) is 0 Å². The van der Waals surface area contributed by atoms with E-state index >= 15 is 0 Å². The van der Waals surface area contributed by atoms with Gasteiger partial charge in [-0.15, -0.1) is 11.8 Å². The van der Waals surface area contributed by atoms with E-state index in [9.17, 15) is 4.79 Å². The van der Waals surface area contributed by atoms with Crippen molar-refractivity contribution in [2.24, 2.45) is 0 Å². The first kappa shape index (κ1) is 21.9. The highest BCUT2D eigenvalue weighted by Gasteiger charge is 2.18. The molecular weight excluding hydrogens is 358 g/mol. The first-order valence-corrected chi connectivity index (χ1v) is 11.3. The number of rotatable bonds is 11. The summed E-state index contributed by atoms with van der Waals surface area (Å²) in [6.07, 6.45) is 4.13. The number of hydrogen-bond acceptors (Lipinski definition) is 5. The fraction of sp³-hybridized carbons (Fsp3) is 0.667. The Kier molecular flexibility index (Phi) is 10.5. The van der Waals surface area contributed by atoms with E-state index in [1.165, 1.54) is 29.2 Å². The summed E-state index contributed by atoms with van der Waals surface area (Å²) in [5, 5.41) is 2.65. The lowest BCUT2D eigenvalue weighted by molar-refractivity contribution is 0.143. The molecule has 152 valence electrons. The van der Waals surface area contributed by atoms with Gasteiger partial charge in [0.15, 0.2) is 0 Å². The number of hydrogen-bond donors (Lipinski definition) is 1. The van der Waals surface area contributed by atoms with Gasteiger partial charge in [-0.3, -0.25) is 4.90 Å². The average Bonchev–Trinajstić information content (AvgIpc) is 2.70. The molecule has 0 aromatic heterocycles. The second kappa shape index (κ2) is 12.9. The smallest absolute Gasteiger partial charge is 0.407 e. The van der Waals surface area contributed by atoms with Gasteiger partial charge in [0.05, 0.1) is 12.3 Å². The Morgan fingerprint density at radius 2 is 1.89 bits per heavy atom. The zero-order valence-corrected chi connectivity index (χ0v) is 17.7. The number of nitrogens with zero attached hydrogens (tertiary/aromatic N) is 2. The lowest BCUT2D eigenvalue weighted by atomic mass is 10.2. The molecule has 1 fully saturated rings. The van der Waals surface area contributed by atoms with Crippen molar-refractivity contribution in [2.75, 3.05) is 56.5 Å². The molecule has 0 saturated carbocycles. The van der Waals surface area contributed by atoms with E-state index in [0.29, 0.717) is 13.2 Å². The predicted molar refractivity (Wildman–Crippen MR) is 115 cm³/mol. The Hall–Kier alpha value is -1.40. The van der Waals surface area contributed by atoms with Gasteiger partial charge in [-0.2, -0.15) is 0 Å². The molecule has 0 radical (unpaired) electrons. The van der Waals surface area contributed by atoms with Crippen LogP contribution in [-0.4, -0.2) is 62.6 Å². The Labute approximate surface area is 168 Å². The van der Waals surface area contributed by atoms with Crippen molar-refractivity contribution in [2.45, 2.75) is 44.4 Å². The summed E-state index contributed by atoms with van der Waals surface area (Å²) in [6.45, 7) is 10.9. The molecule has 1 saturated heterocycles. The molecule has 27 heavy (non-hydrogen) atoms. The van der Waals surface area contributed by atoms with Crippen molar-refractivity contribution < 1.29 is 9.53 Å². The van der Waals surface area contributed by atoms with Crippen molar-refractivity contribution in [1.82, 2.24) is 10.2 Å². The number of nitrogens with one attached hydrogen (secondary N) is 1. The lowest BCUT2D eigenvalue weighted by Gasteiger charge is -2.37. The first-order chi connectivity index (χ1) is 13.2. The number of unbranched alkanes of at least 4 members (excludes halogenated alkanes) is 2. The van der Waals surface area contributed by atoms with Crippen LogP contribution in [0.2, 0.25) is 0 Å². The number of piperazine rings is 1. The number of benzene rings is 1. The van der Waals surface area contributed by atoms with E-state index in [0.717, 1.165) is 45.6 Å². The maximum Gasteiger partial charge on any atom is 0.407 e. The van der Waals surface area contributed by atoms with Gasteiger partial charge in [0.25, 0.3) is 0 Å². The fourth-order valence-electron chi connectivity index (χ4n) is 3.24. The minimum absolute atomic E-state index is 0.300. The zero-order valence-electron chi connectivity index (χ0n) is 16.9. The maximum absolute atomic E-state index is 11.2. The van der Waals surface area contributed by atoms with Crippen molar-refractivity contribution in [1.29, 1.82) is 0 Å². The minimum Gasteiger partial charge on any atom is -0.450 e. The van der Waals surface area contributed by atoms with Gasteiger partial charge >= 0.3 is 6.09 Å². The van der Waals surface area contributed by atoms with Gasteiger partial charge in [0.1, 0.15) is 0 Å². The van der Waals surface area contributed by atoms with E-state index < -0.39 is 0 Å². The summed E-state index contributed by atoms with van der Waals surface area (Å²) in [7, 11) is 0. The molecule has 0 spiro atoms. The van der Waals surface area contributed by atoms with E-state index in [1.807, 2.05) is 18.7 Å². The number of ether oxygens (including phenoxy) is 1. The molecule has 1 aromatic rings. The quantitative estimate of drug-likeness (QED) is 0.450. The highest BCUT2D eigenvalue weighted by molar-refractivity contribution is 7.99. The molecule has 0 bridgehead atoms. The molecule has 2 rings (SSSR count). The standard InChI is InChI=1S/C21H35N3O2S/c1-3-18-27-20-11-7-6-10-19(20)24-15-13-23(14-16-24)12-8-5-9-17-26-21(25)22-4-2/h6-7,10-11H,3-5,8-9,12-18H2,1-2H3,(H,22,25). The van der Waals surface area contributed by atoms with Gasteiger partial charge in [-0.25, -0.2) is 4.79 Å². The summed E-state index contributed by atoms with van der Waals surface area (Å²) in [5.74, 6) is 1.18. The van der Waals surface area contributed by atoms with Crippen molar-refractivity contribution in [3.63, 3.8) is 0 Å². The number of amides is 1. The topological polar surface area (TPSA) is 44.8 Å². The third-order valence-corrected chi connectivity index (χ3v) is 5.98.